The minimum Gasteiger partial charge on any atom is -0.377 e. The van der Waals surface area contributed by atoms with Gasteiger partial charge in [-0.3, -0.25) is 9.89 Å². The van der Waals surface area contributed by atoms with Gasteiger partial charge in [0.05, 0.1) is 5.60 Å². The Hall–Kier alpha value is -0.810. The lowest BCUT2D eigenvalue weighted by molar-refractivity contribution is 0.0268. The van der Waals surface area contributed by atoms with Gasteiger partial charge in [0.25, 0.3) is 0 Å². The second kappa shape index (κ2) is 7.45. The fourth-order valence-electron chi connectivity index (χ4n) is 2.40. The van der Waals surface area contributed by atoms with Crippen molar-refractivity contribution in [2.45, 2.75) is 51.2 Å². The summed E-state index contributed by atoms with van der Waals surface area (Å²) in [4.78, 5) is 6.94. The Kier molecular flexibility index (Phi) is 5.88. The number of hydrogen-bond acceptors (Lipinski definition) is 3. The SMILES string of the molecule is CN=C(NCCN(CC1CC1)C1CC1)NCC(C)(C)OC. The summed E-state index contributed by atoms with van der Waals surface area (Å²) >= 11 is 0. The zero-order valence-corrected chi connectivity index (χ0v) is 14.1. The molecule has 0 saturated heterocycles. The third kappa shape index (κ3) is 6.22. The second-order valence-corrected chi connectivity index (χ2v) is 6.99. The average molecular weight is 296 g/mol. The molecular weight excluding hydrogens is 264 g/mol. The Bertz CT molecular complexity index is 348. The molecule has 0 aliphatic heterocycles. The van der Waals surface area contributed by atoms with Crippen LogP contribution in [-0.4, -0.2) is 62.8 Å². The summed E-state index contributed by atoms with van der Waals surface area (Å²) in [5.74, 6) is 1.84. The molecule has 2 N–H and O–H groups in total. The minimum absolute atomic E-state index is 0.177. The first-order chi connectivity index (χ1) is 10.0. The van der Waals surface area contributed by atoms with E-state index in [9.17, 15) is 0 Å². The summed E-state index contributed by atoms with van der Waals surface area (Å²) in [6, 6.07) is 0.856. The highest BCUT2D eigenvalue weighted by Crippen LogP contribution is 2.34. The van der Waals surface area contributed by atoms with E-state index in [4.69, 9.17) is 4.74 Å². The van der Waals surface area contributed by atoms with E-state index in [1.54, 1.807) is 7.11 Å². The van der Waals surface area contributed by atoms with Crippen LogP contribution in [-0.2, 0) is 4.74 Å². The van der Waals surface area contributed by atoms with Gasteiger partial charge in [-0.15, -0.1) is 0 Å². The van der Waals surface area contributed by atoms with E-state index in [1.807, 2.05) is 7.05 Å². The molecule has 5 nitrogen and oxygen atoms in total. The molecule has 5 heteroatoms. The number of aliphatic imine (C=N–C) groups is 1. The van der Waals surface area contributed by atoms with Crippen LogP contribution in [0.5, 0.6) is 0 Å². The lowest BCUT2D eigenvalue weighted by Gasteiger charge is -2.25. The van der Waals surface area contributed by atoms with Crippen molar-refractivity contribution in [1.29, 1.82) is 0 Å². The number of ether oxygens (including phenoxy) is 1. The van der Waals surface area contributed by atoms with E-state index in [-0.39, 0.29) is 5.60 Å². The van der Waals surface area contributed by atoms with Crippen LogP contribution in [0, 0.1) is 5.92 Å². The van der Waals surface area contributed by atoms with Crippen molar-refractivity contribution in [1.82, 2.24) is 15.5 Å². The van der Waals surface area contributed by atoms with Crippen molar-refractivity contribution in [3.63, 3.8) is 0 Å². The molecular formula is C16H32N4O. The molecule has 2 saturated carbocycles. The van der Waals surface area contributed by atoms with Crippen LogP contribution in [0.4, 0.5) is 0 Å². The normalized spacial score (nSPS) is 20.0. The standard InChI is InChI=1S/C16H32N4O/c1-16(2,21-4)12-19-15(17-3)18-9-10-20(14-7-8-14)11-13-5-6-13/h13-14H,5-12H2,1-4H3,(H2,17,18,19). The Balaban J connectivity index is 1.65. The molecule has 2 fully saturated rings. The smallest absolute Gasteiger partial charge is 0.191 e. The monoisotopic (exact) mass is 296 g/mol. The van der Waals surface area contributed by atoms with Gasteiger partial charge in [0.2, 0.25) is 0 Å². The van der Waals surface area contributed by atoms with E-state index < -0.39 is 0 Å². The summed E-state index contributed by atoms with van der Waals surface area (Å²) in [7, 11) is 3.56. The lowest BCUT2D eigenvalue weighted by Crippen LogP contribution is -2.47. The largest absolute Gasteiger partial charge is 0.377 e. The van der Waals surface area contributed by atoms with Gasteiger partial charge in [0, 0.05) is 46.4 Å². The number of nitrogens with one attached hydrogen (secondary N) is 2. The average Bonchev–Trinajstić information content (AvgIpc) is 3.34. The van der Waals surface area contributed by atoms with Crippen molar-refractivity contribution in [3.8, 4) is 0 Å². The number of guanidine groups is 1. The predicted octanol–water partition coefficient (Wildman–Crippen LogP) is 1.45. The fraction of sp³-hybridized carbons (Fsp3) is 0.938. The van der Waals surface area contributed by atoms with Crippen LogP contribution in [0.3, 0.4) is 0 Å². The maximum absolute atomic E-state index is 5.41. The summed E-state index contributed by atoms with van der Waals surface area (Å²) in [6.07, 6.45) is 5.65. The van der Waals surface area contributed by atoms with E-state index in [0.717, 1.165) is 37.6 Å². The molecule has 2 aliphatic carbocycles. The highest BCUT2D eigenvalue weighted by Gasteiger charge is 2.33. The van der Waals surface area contributed by atoms with E-state index in [1.165, 1.54) is 32.2 Å². The molecule has 21 heavy (non-hydrogen) atoms. The molecule has 0 aromatic heterocycles. The molecule has 0 atom stereocenters. The molecule has 0 aromatic rings. The van der Waals surface area contributed by atoms with Gasteiger partial charge in [-0.2, -0.15) is 0 Å². The molecule has 0 amide bonds. The Morgan fingerprint density at radius 1 is 1.24 bits per heavy atom. The zero-order valence-electron chi connectivity index (χ0n) is 14.1. The Morgan fingerprint density at radius 3 is 2.48 bits per heavy atom. The van der Waals surface area contributed by atoms with Gasteiger partial charge < -0.3 is 15.4 Å². The molecule has 0 spiro atoms. The first-order valence-corrected chi connectivity index (χ1v) is 8.28. The lowest BCUT2D eigenvalue weighted by atomic mass is 10.1. The van der Waals surface area contributed by atoms with E-state index >= 15 is 0 Å². The van der Waals surface area contributed by atoms with Gasteiger partial charge in [-0.05, 0) is 45.4 Å². The van der Waals surface area contributed by atoms with Crippen molar-refractivity contribution in [3.05, 3.63) is 0 Å². The third-order valence-electron chi connectivity index (χ3n) is 4.40. The number of hydrogen-bond donors (Lipinski definition) is 2. The third-order valence-corrected chi connectivity index (χ3v) is 4.40. The molecule has 2 aliphatic rings. The molecule has 0 bridgehead atoms. The number of nitrogens with zero attached hydrogens (tertiary/aromatic N) is 2. The second-order valence-electron chi connectivity index (χ2n) is 6.99. The van der Waals surface area contributed by atoms with Gasteiger partial charge >= 0.3 is 0 Å². The molecule has 122 valence electrons. The maximum Gasteiger partial charge on any atom is 0.191 e. The van der Waals surface area contributed by atoms with Crippen LogP contribution in [0.15, 0.2) is 4.99 Å². The Labute approximate surface area is 129 Å². The first-order valence-electron chi connectivity index (χ1n) is 8.28. The van der Waals surface area contributed by atoms with E-state index in [2.05, 4.69) is 34.4 Å². The van der Waals surface area contributed by atoms with Crippen molar-refractivity contribution < 1.29 is 4.74 Å². The summed E-state index contributed by atoms with van der Waals surface area (Å²) in [5, 5.41) is 6.74. The molecule has 2 rings (SSSR count). The summed E-state index contributed by atoms with van der Waals surface area (Å²) < 4.78 is 5.41. The first kappa shape index (κ1) is 16.6. The minimum atomic E-state index is -0.177. The maximum atomic E-state index is 5.41. The van der Waals surface area contributed by atoms with Crippen LogP contribution in [0.1, 0.15) is 39.5 Å². The van der Waals surface area contributed by atoms with Gasteiger partial charge in [-0.25, -0.2) is 0 Å². The zero-order chi connectivity index (χ0) is 15.3. The number of methoxy groups -OCH3 is 1. The van der Waals surface area contributed by atoms with Gasteiger partial charge in [-0.1, -0.05) is 0 Å². The van der Waals surface area contributed by atoms with Crippen LogP contribution in [0.25, 0.3) is 0 Å². The van der Waals surface area contributed by atoms with Gasteiger partial charge in [0.1, 0.15) is 0 Å². The Morgan fingerprint density at radius 2 is 1.95 bits per heavy atom. The topological polar surface area (TPSA) is 48.9 Å². The molecule has 0 heterocycles. The molecule has 0 aromatic carbocycles. The van der Waals surface area contributed by atoms with Crippen molar-refractivity contribution in [2.75, 3.05) is 40.3 Å². The highest BCUT2D eigenvalue weighted by atomic mass is 16.5. The van der Waals surface area contributed by atoms with E-state index in [0.29, 0.717) is 0 Å². The number of rotatable bonds is 9. The summed E-state index contributed by atoms with van der Waals surface area (Å²) in [5.41, 5.74) is -0.177. The fourth-order valence-corrected chi connectivity index (χ4v) is 2.40. The highest BCUT2D eigenvalue weighted by molar-refractivity contribution is 5.79. The van der Waals surface area contributed by atoms with Crippen molar-refractivity contribution >= 4 is 5.96 Å². The molecule has 0 radical (unpaired) electrons. The van der Waals surface area contributed by atoms with Crippen molar-refractivity contribution in [2.24, 2.45) is 10.9 Å². The molecule has 0 unspecified atom stereocenters. The van der Waals surface area contributed by atoms with Crippen LogP contribution in [0.2, 0.25) is 0 Å². The predicted molar refractivity (Wildman–Crippen MR) is 87.8 cm³/mol. The summed E-state index contributed by atoms with van der Waals surface area (Å²) in [6.45, 7) is 8.26. The van der Waals surface area contributed by atoms with Gasteiger partial charge in [0.15, 0.2) is 5.96 Å². The van der Waals surface area contributed by atoms with Crippen LogP contribution >= 0.6 is 0 Å². The van der Waals surface area contributed by atoms with Crippen LogP contribution < -0.4 is 10.6 Å². The quantitative estimate of drug-likeness (QED) is 0.499.